The second-order valence-electron chi connectivity index (χ2n) is 5.08. The van der Waals surface area contributed by atoms with Crippen molar-refractivity contribution in [1.29, 1.82) is 0 Å². The first-order valence-corrected chi connectivity index (χ1v) is 8.41. The minimum absolute atomic E-state index is 0.130. The van der Waals surface area contributed by atoms with Crippen LogP contribution in [-0.2, 0) is 9.84 Å². The predicted octanol–water partition coefficient (Wildman–Crippen LogP) is 2.44. The summed E-state index contributed by atoms with van der Waals surface area (Å²) in [6.45, 7) is 0. The van der Waals surface area contributed by atoms with Crippen molar-refractivity contribution in [1.82, 2.24) is 0 Å². The van der Waals surface area contributed by atoms with E-state index < -0.39 is 46.5 Å². The number of nitrogens with zero attached hydrogens (tertiary/aromatic N) is 2. The summed E-state index contributed by atoms with van der Waals surface area (Å²) in [6.07, 6.45) is 0. The van der Waals surface area contributed by atoms with Gasteiger partial charge in [-0.05, 0) is 18.2 Å². The molecule has 26 heavy (non-hydrogen) atoms. The molecule has 0 fully saturated rings. The number of sulfone groups is 1. The molecule has 3 aromatic rings. The molecule has 0 aliphatic heterocycles. The molecule has 3 rings (SSSR count). The van der Waals surface area contributed by atoms with Crippen molar-refractivity contribution >= 4 is 32.2 Å². The van der Waals surface area contributed by atoms with Crippen LogP contribution in [0.3, 0.4) is 0 Å². The second-order valence-corrected chi connectivity index (χ2v) is 6.96. The van der Waals surface area contributed by atoms with Gasteiger partial charge in [-0.15, -0.1) is 0 Å². The van der Waals surface area contributed by atoms with Crippen LogP contribution < -0.4 is 5.63 Å². The van der Waals surface area contributed by atoms with Gasteiger partial charge in [-0.2, -0.15) is 0 Å². The zero-order chi connectivity index (χ0) is 19.1. The van der Waals surface area contributed by atoms with Crippen LogP contribution in [0.5, 0.6) is 0 Å². The molecule has 0 saturated heterocycles. The average Bonchev–Trinajstić information content (AvgIpc) is 2.60. The van der Waals surface area contributed by atoms with Gasteiger partial charge in [0, 0.05) is 11.5 Å². The highest BCUT2D eigenvalue weighted by Gasteiger charge is 2.37. The number of para-hydroxylation sites is 2. The van der Waals surface area contributed by atoms with E-state index in [1.165, 1.54) is 12.1 Å². The van der Waals surface area contributed by atoms with E-state index in [0.29, 0.717) is 0 Å². The topological polar surface area (TPSA) is 151 Å². The SMILES string of the molecule is O=c1oc2ccccc2cc1S(=O)(=O)c1cccc([N+](=O)[O-])c1[N+](=O)[O-]. The molecule has 0 unspecified atom stereocenters. The van der Waals surface area contributed by atoms with Crippen molar-refractivity contribution < 1.29 is 22.7 Å². The van der Waals surface area contributed by atoms with Crippen LogP contribution in [0.2, 0.25) is 0 Å². The molecule has 0 radical (unpaired) electrons. The molecule has 1 heterocycles. The van der Waals surface area contributed by atoms with Gasteiger partial charge < -0.3 is 4.42 Å². The summed E-state index contributed by atoms with van der Waals surface area (Å²) in [5.74, 6) is 0. The number of nitro groups is 2. The van der Waals surface area contributed by atoms with Crippen molar-refractivity contribution in [3.8, 4) is 0 Å². The molecule has 0 aliphatic carbocycles. The Labute approximate surface area is 144 Å². The minimum atomic E-state index is -4.75. The van der Waals surface area contributed by atoms with E-state index in [-0.39, 0.29) is 11.0 Å². The largest absolute Gasteiger partial charge is 0.422 e. The Morgan fingerprint density at radius 2 is 1.58 bits per heavy atom. The van der Waals surface area contributed by atoms with Crippen molar-refractivity contribution in [2.45, 2.75) is 9.79 Å². The molecular formula is C15H8N2O8S. The van der Waals surface area contributed by atoms with Gasteiger partial charge in [0.05, 0.1) is 9.85 Å². The third-order valence-electron chi connectivity index (χ3n) is 3.55. The third kappa shape index (κ3) is 2.69. The Morgan fingerprint density at radius 1 is 0.885 bits per heavy atom. The zero-order valence-electron chi connectivity index (χ0n) is 12.7. The van der Waals surface area contributed by atoms with Gasteiger partial charge in [-0.1, -0.05) is 24.3 Å². The Morgan fingerprint density at radius 3 is 2.23 bits per heavy atom. The number of rotatable bonds is 4. The van der Waals surface area contributed by atoms with E-state index in [4.69, 9.17) is 4.42 Å². The van der Waals surface area contributed by atoms with Crippen molar-refractivity contribution in [2.24, 2.45) is 0 Å². The molecule has 1 aromatic heterocycles. The molecule has 0 saturated carbocycles. The fraction of sp³-hybridized carbons (Fsp3) is 0. The van der Waals surface area contributed by atoms with Gasteiger partial charge >= 0.3 is 17.0 Å². The number of fused-ring (bicyclic) bond motifs is 1. The fourth-order valence-electron chi connectivity index (χ4n) is 2.41. The van der Waals surface area contributed by atoms with E-state index in [2.05, 4.69) is 0 Å². The van der Waals surface area contributed by atoms with E-state index >= 15 is 0 Å². The summed E-state index contributed by atoms with van der Waals surface area (Å²) in [7, 11) is -4.75. The first kappa shape index (κ1) is 17.2. The molecule has 0 aliphatic rings. The van der Waals surface area contributed by atoms with Crippen LogP contribution in [0, 0.1) is 20.2 Å². The first-order valence-electron chi connectivity index (χ1n) is 6.93. The molecular weight excluding hydrogens is 368 g/mol. The van der Waals surface area contributed by atoms with Crippen molar-refractivity contribution in [2.75, 3.05) is 0 Å². The molecule has 132 valence electrons. The smallest absolute Gasteiger partial charge is 0.364 e. The van der Waals surface area contributed by atoms with E-state index in [1.54, 1.807) is 12.1 Å². The summed E-state index contributed by atoms with van der Waals surface area (Å²) in [4.78, 5) is 30.3. The van der Waals surface area contributed by atoms with Gasteiger partial charge in [0.1, 0.15) is 5.58 Å². The van der Waals surface area contributed by atoms with Crippen molar-refractivity contribution in [3.05, 3.63) is 79.2 Å². The lowest BCUT2D eigenvalue weighted by Gasteiger charge is -2.06. The first-order chi connectivity index (χ1) is 12.2. The lowest BCUT2D eigenvalue weighted by molar-refractivity contribution is -0.424. The summed E-state index contributed by atoms with van der Waals surface area (Å²) in [6, 6.07) is 9.72. The molecule has 11 heteroatoms. The quantitative estimate of drug-likeness (QED) is 0.382. The Bertz CT molecular complexity index is 1230. The van der Waals surface area contributed by atoms with Gasteiger partial charge in [0.15, 0.2) is 9.79 Å². The summed E-state index contributed by atoms with van der Waals surface area (Å²) in [5, 5.41) is 22.5. The molecule has 0 bridgehead atoms. The van der Waals surface area contributed by atoms with Crippen molar-refractivity contribution in [3.63, 3.8) is 0 Å². The van der Waals surface area contributed by atoms with Gasteiger partial charge in [0.25, 0.3) is 0 Å². The Kier molecular flexibility index (Phi) is 4.00. The Balaban J connectivity index is 2.36. The normalized spacial score (nSPS) is 11.4. The van der Waals surface area contributed by atoms with Gasteiger partial charge in [0.2, 0.25) is 9.84 Å². The van der Waals surface area contributed by atoms with E-state index in [1.807, 2.05) is 0 Å². The molecule has 10 nitrogen and oxygen atoms in total. The van der Waals surface area contributed by atoms with Crippen LogP contribution in [-0.4, -0.2) is 18.3 Å². The highest BCUT2D eigenvalue weighted by atomic mass is 32.2. The lowest BCUT2D eigenvalue weighted by atomic mass is 10.2. The van der Waals surface area contributed by atoms with Crippen LogP contribution >= 0.6 is 0 Å². The standard InChI is InChI=1S/C15H8N2O8S/c18-15-13(8-9-4-1-2-6-11(9)25-15)26(23,24)12-7-3-5-10(16(19)20)14(12)17(21)22/h1-8H. The summed E-state index contributed by atoms with van der Waals surface area (Å²) in [5.41, 5.74) is -3.32. The van der Waals surface area contributed by atoms with Gasteiger partial charge in [-0.3, -0.25) is 20.2 Å². The molecule has 0 spiro atoms. The molecule has 0 N–H and O–H groups in total. The highest BCUT2D eigenvalue weighted by Crippen LogP contribution is 2.36. The summed E-state index contributed by atoms with van der Waals surface area (Å²) >= 11 is 0. The number of nitro benzene ring substituents is 2. The fourth-order valence-corrected chi connectivity index (χ4v) is 3.88. The lowest BCUT2D eigenvalue weighted by Crippen LogP contribution is -2.16. The minimum Gasteiger partial charge on any atom is -0.422 e. The maximum absolute atomic E-state index is 12.8. The number of benzene rings is 2. The average molecular weight is 376 g/mol. The van der Waals surface area contributed by atoms with E-state index in [9.17, 15) is 33.4 Å². The predicted molar refractivity (Wildman–Crippen MR) is 87.7 cm³/mol. The maximum atomic E-state index is 12.8. The number of hydrogen-bond donors (Lipinski definition) is 0. The number of hydrogen-bond acceptors (Lipinski definition) is 8. The van der Waals surface area contributed by atoms with Crippen LogP contribution in [0.15, 0.2) is 67.5 Å². The van der Waals surface area contributed by atoms with Gasteiger partial charge in [-0.25, -0.2) is 13.2 Å². The molecule has 0 amide bonds. The van der Waals surface area contributed by atoms with Crippen LogP contribution in [0.4, 0.5) is 11.4 Å². The summed E-state index contributed by atoms with van der Waals surface area (Å²) < 4.78 is 30.6. The third-order valence-corrected chi connectivity index (χ3v) is 5.32. The molecule has 0 atom stereocenters. The van der Waals surface area contributed by atoms with Crippen LogP contribution in [0.1, 0.15) is 0 Å². The zero-order valence-corrected chi connectivity index (χ0v) is 13.5. The molecule has 2 aromatic carbocycles. The highest BCUT2D eigenvalue weighted by molar-refractivity contribution is 7.91. The Hall–Kier alpha value is -3.60. The maximum Gasteiger partial charge on any atom is 0.364 e. The monoisotopic (exact) mass is 376 g/mol. The van der Waals surface area contributed by atoms with E-state index in [0.717, 1.165) is 24.3 Å². The second kappa shape index (κ2) is 6.04. The van der Waals surface area contributed by atoms with Crippen LogP contribution in [0.25, 0.3) is 11.0 Å².